The summed E-state index contributed by atoms with van der Waals surface area (Å²) < 4.78 is 16.5. The lowest BCUT2D eigenvalue weighted by atomic mass is 9.96. The number of fused-ring (bicyclic) bond motifs is 4. The summed E-state index contributed by atoms with van der Waals surface area (Å²) in [5.41, 5.74) is 16.1. The van der Waals surface area contributed by atoms with Crippen LogP contribution in [0.1, 0.15) is 24.5 Å². The quantitative estimate of drug-likeness (QED) is 0.152. The molecule has 6 aromatic heterocycles. The molecule has 0 aliphatic rings. The number of anilines is 2. The Morgan fingerprint density at radius 1 is 0.593 bits per heavy atom. The van der Waals surface area contributed by atoms with Gasteiger partial charge < -0.3 is 20.3 Å². The predicted molar refractivity (Wildman–Crippen MR) is 244 cm³/mol. The molecule has 10 aromatic rings. The Hall–Kier alpha value is -6.54. The van der Waals surface area contributed by atoms with Crippen LogP contribution in [-0.4, -0.2) is 39.5 Å². The first kappa shape index (κ1) is 38.0. The van der Waals surface area contributed by atoms with Crippen LogP contribution in [0, 0.1) is 7.40 Å². The standard InChI is InChI=1S/C22H16IN5O2.C21H14IN5O2/c1-12(28-21-17(19(23)27-28)20(24)25-11-26-21)18-16(13-7-3-2-4-8-13)14-9-5-6-10-15(14)22(29)30-18;22-18-17-19(23)24-11-25-20(17)27(26-18)10-15-16(12-6-2-1-3-7-12)13-8-4-5-9-14(13)21(28)29-15/h2-12H,1H3,(H2,24,25,26);1-9,11H,10H2,(H2,23,24,25). The second kappa shape index (κ2) is 15.7. The van der Waals surface area contributed by atoms with Gasteiger partial charge in [-0.2, -0.15) is 10.2 Å². The van der Waals surface area contributed by atoms with E-state index in [1.54, 1.807) is 21.5 Å². The smallest absolute Gasteiger partial charge is 0.343 e. The Bertz CT molecular complexity index is 3330. The number of nitrogen functional groups attached to an aromatic ring is 2. The number of halogens is 2. The zero-order valence-corrected chi connectivity index (χ0v) is 35.3. The van der Waals surface area contributed by atoms with E-state index in [2.05, 4.69) is 75.3 Å². The van der Waals surface area contributed by atoms with E-state index in [1.807, 2.05) is 104 Å². The summed E-state index contributed by atoms with van der Waals surface area (Å²) in [5.74, 6) is 1.76. The average molecular weight is 1000 g/mol. The largest absolute Gasteiger partial charge is 0.425 e. The maximum Gasteiger partial charge on any atom is 0.343 e. The summed E-state index contributed by atoms with van der Waals surface area (Å²) in [6.45, 7) is 2.17. The van der Waals surface area contributed by atoms with Gasteiger partial charge in [-0.1, -0.05) is 97.1 Å². The van der Waals surface area contributed by atoms with Crippen molar-refractivity contribution in [2.75, 3.05) is 11.5 Å². The van der Waals surface area contributed by atoms with Gasteiger partial charge in [0.2, 0.25) is 0 Å². The molecule has 6 heterocycles. The normalized spacial score (nSPS) is 11.9. The maximum atomic E-state index is 12.8. The molecule has 4 N–H and O–H groups in total. The topological polar surface area (TPSA) is 200 Å². The van der Waals surface area contributed by atoms with Crippen LogP contribution in [0.25, 0.3) is 65.9 Å². The number of nitrogens with two attached hydrogens (primary N) is 2. The first-order valence-electron chi connectivity index (χ1n) is 18.2. The number of rotatable bonds is 6. The van der Waals surface area contributed by atoms with E-state index in [-0.39, 0.29) is 17.8 Å². The summed E-state index contributed by atoms with van der Waals surface area (Å²) in [6.07, 6.45) is 2.81. The van der Waals surface area contributed by atoms with E-state index in [1.165, 1.54) is 12.7 Å². The number of hydrogen-bond acceptors (Lipinski definition) is 12. The lowest BCUT2D eigenvalue weighted by Crippen LogP contribution is -2.14. The summed E-state index contributed by atoms with van der Waals surface area (Å²) in [6, 6.07) is 34.3. The molecule has 0 saturated heterocycles. The summed E-state index contributed by atoms with van der Waals surface area (Å²) in [5, 5.41) is 13.3. The number of nitrogens with zero attached hydrogens (tertiary/aromatic N) is 8. The summed E-state index contributed by atoms with van der Waals surface area (Å²) in [7, 11) is 0. The van der Waals surface area contributed by atoms with Gasteiger partial charge in [0.05, 0.1) is 21.5 Å². The highest BCUT2D eigenvalue weighted by Gasteiger charge is 2.26. The van der Waals surface area contributed by atoms with Crippen molar-refractivity contribution >= 4 is 100 Å². The highest BCUT2D eigenvalue weighted by atomic mass is 127. The highest BCUT2D eigenvalue weighted by molar-refractivity contribution is 14.1. The van der Waals surface area contributed by atoms with E-state index < -0.39 is 6.04 Å². The molecule has 0 amide bonds. The van der Waals surface area contributed by atoms with E-state index >= 15 is 0 Å². The Kier molecular flexibility index (Phi) is 10.1. The van der Waals surface area contributed by atoms with Crippen LogP contribution in [-0.2, 0) is 6.54 Å². The fourth-order valence-corrected chi connectivity index (χ4v) is 8.79. The maximum absolute atomic E-state index is 12.8. The van der Waals surface area contributed by atoms with Crippen molar-refractivity contribution in [3.8, 4) is 22.3 Å². The minimum atomic E-state index is -0.405. The van der Waals surface area contributed by atoms with Gasteiger partial charge >= 0.3 is 11.3 Å². The lowest BCUT2D eigenvalue weighted by Gasteiger charge is -2.18. The Labute approximate surface area is 361 Å². The molecule has 0 aliphatic heterocycles. The summed E-state index contributed by atoms with van der Waals surface area (Å²) >= 11 is 4.22. The fourth-order valence-electron chi connectivity index (χ4n) is 7.26. The number of aromatic nitrogens is 8. The molecule has 10 rings (SSSR count). The van der Waals surface area contributed by atoms with Crippen LogP contribution >= 0.6 is 45.2 Å². The number of hydrogen-bond donors (Lipinski definition) is 2. The second-order valence-electron chi connectivity index (χ2n) is 13.4. The van der Waals surface area contributed by atoms with Gasteiger partial charge in [0.25, 0.3) is 0 Å². The van der Waals surface area contributed by atoms with E-state index in [4.69, 9.17) is 20.3 Å². The molecule has 0 radical (unpaired) electrons. The van der Waals surface area contributed by atoms with Gasteiger partial charge in [-0.05, 0) is 75.4 Å². The van der Waals surface area contributed by atoms with Crippen LogP contribution in [0.3, 0.4) is 0 Å². The molecule has 14 nitrogen and oxygen atoms in total. The lowest BCUT2D eigenvalue weighted by molar-refractivity contribution is 0.404. The van der Waals surface area contributed by atoms with Crippen molar-refractivity contribution in [2.45, 2.75) is 19.5 Å². The molecule has 1 atom stereocenters. The summed E-state index contributed by atoms with van der Waals surface area (Å²) in [4.78, 5) is 42.3. The predicted octanol–water partition coefficient (Wildman–Crippen LogP) is 8.23. The molecular weight excluding hydrogens is 974 g/mol. The molecule has 0 fully saturated rings. The van der Waals surface area contributed by atoms with Crippen LogP contribution in [0.5, 0.6) is 0 Å². The molecule has 1 unspecified atom stereocenters. The van der Waals surface area contributed by atoms with E-state index in [0.29, 0.717) is 63.4 Å². The zero-order valence-electron chi connectivity index (χ0n) is 31.0. The van der Waals surface area contributed by atoms with Crippen LogP contribution in [0.15, 0.2) is 140 Å². The van der Waals surface area contributed by atoms with E-state index in [0.717, 1.165) is 33.0 Å². The van der Waals surface area contributed by atoms with Crippen LogP contribution < -0.4 is 22.7 Å². The average Bonchev–Trinajstić information content (AvgIpc) is 3.77. The second-order valence-corrected chi connectivity index (χ2v) is 15.5. The Morgan fingerprint density at radius 2 is 1.07 bits per heavy atom. The van der Waals surface area contributed by atoms with Crippen molar-refractivity contribution < 1.29 is 8.83 Å². The monoisotopic (exact) mass is 1000 g/mol. The van der Waals surface area contributed by atoms with Gasteiger partial charge in [-0.15, -0.1) is 0 Å². The highest BCUT2D eigenvalue weighted by Crippen LogP contribution is 2.37. The van der Waals surface area contributed by atoms with Gasteiger partial charge in [-0.25, -0.2) is 38.9 Å². The zero-order chi connectivity index (χ0) is 40.8. The molecule has 0 saturated carbocycles. The van der Waals surface area contributed by atoms with Crippen molar-refractivity contribution in [2.24, 2.45) is 0 Å². The molecular formula is C43H30I2N10O4. The van der Waals surface area contributed by atoms with Gasteiger partial charge in [0.1, 0.15) is 55.8 Å². The van der Waals surface area contributed by atoms with Crippen molar-refractivity contribution in [3.63, 3.8) is 0 Å². The third kappa shape index (κ3) is 6.86. The third-order valence-corrected chi connectivity index (χ3v) is 11.4. The fraction of sp³-hybridized carbons (Fsp3) is 0.0698. The molecule has 290 valence electrons. The minimum absolute atomic E-state index is 0.236. The van der Waals surface area contributed by atoms with Crippen molar-refractivity contribution in [1.82, 2.24) is 39.5 Å². The minimum Gasteiger partial charge on any atom is -0.425 e. The molecule has 4 aromatic carbocycles. The number of benzene rings is 4. The Morgan fingerprint density at radius 3 is 1.68 bits per heavy atom. The molecule has 0 bridgehead atoms. The van der Waals surface area contributed by atoms with Gasteiger partial charge in [0, 0.05) is 21.9 Å². The van der Waals surface area contributed by atoms with Gasteiger partial charge in [0.15, 0.2) is 11.3 Å². The van der Waals surface area contributed by atoms with E-state index in [9.17, 15) is 9.59 Å². The molecule has 59 heavy (non-hydrogen) atoms. The molecule has 0 spiro atoms. The first-order chi connectivity index (χ1) is 28.7. The van der Waals surface area contributed by atoms with Crippen LogP contribution in [0.2, 0.25) is 0 Å². The third-order valence-electron chi connectivity index (χ3n) is 9.93. The SMILES string of the molecule is CC(c1oc(=O)c2ccccc2c1-c1ccccc1)n1nc(I)c2c(N)ncnc21.Nc1ncnc2c1c(I)nn2Cc1oc(=O)c2ccccc2c1-c1ccccc1. The molecule has 16 heteroatoms. The van der Waals surface area contributed by atoms with Gasteiger partial charge in [-0.3, -0.25) is 0 Å². The van der Waals surface area contributed by atoms with Crippen molar-refractivity contribution in [3.05, 3.63) is 162 Å². The first-order valence-corrected chi connectivity index (χ1v) is 20.3. The van der Waals surface area contributed by atoms with Crippen molar-refractivity contribution in [1.29, 1.82) is 0 Å². The Balaban J connectivity index is 0.000000152. The van der Waals surface area contributed by atoms with Crippen LogP contribution in [0.4, 0.5) is 11.6 Å². The molecule has 0 aliphatic carbocycles.